The summed E-state index contributed by atoms with van der Waals surface area (Å²) in [6, 6.07) is 2.54. The first-order valence-corrected chi connectivity index (χ1v) is 10.1. The molecule has 0 amide bonds. The Morgan fingerprint density at radius 2 is 2.00 bits per heavy atom. The van der Waals surface area contributed by atoms with Gasteiger partial charge in [0, 0.05) is 32.6 Å². The van der Waals surface area contributed by atoms with Gasteiger partial charge in [0.2, 0.25) is 0 Å². The van der Waals surface area contributed by atoms with E-state index in [4.69, 9.17) is 4.74 Å². The van der Waals surface area contributed by atoms with Crippen LogP contribution in [-0.2, 0) is 19.5 Å². The summed E-state index contributed by atoms with van der Waals surface area (Å²) in [7, 11) is 1.75. The Morgan fingerprint density at radius 1 is 1.15 bits per heavy atom. The second kappa shape index (κ2) is 7.60. The SMILES string of the molecule is COc1cc(C)c(CN2CCCC2c2nnc3n2CCNCC3)c(C)c1C. The van der Waals surface area contributed by atoms with Gasteiger partial charge in [0.1, 0.15) is 17.4 Å². The molecule has 0 radical (unpaired) electrons. The van der Waals surface area contributed by atoms with E-state index >= 15 is 0 Å². The second-order valence-electron chi connectivity index (χ2n) is 7.88. The molecule has 0 saturated carbocycles. The highest BCUT2D eigenvalue weighted by atomic mass is 16.5. The Labute approximate surface area is 161 Å². The van der Waals surface area contributed by atoms with Crippen molar-refractivity contribution in [1.82, 2.24) is 25.0 Å². The fourth-order valence-corrected chi connectivity index (χ4v) is 4.61. The van der Waals surface area contributed by atoms with E-state index in [-0.39, 0.29) is 0 Å². The van der Waals surface area contributed by atoms with Crippen LogP contribution >= 0.6 is 0 Å². The number of nitrogens with one attached hydrogen (secondary N) is 1. The number of benzene rings is 1. The van der Waals surface area contributed by atoms with Crippen molar-refractivity contribution >= 4 is 0 Å². The number of methoxy groups -OCH3 is 1. The maximum absolute atomic E-state index is 5.54. The van der Waals surface area contributed by atoms with Crippen LogP contribution in [0, 0.1) is 20.8 Å². The molecular weight excluding hydrogens is 338 g/mol. The van der Waals surface area contributed by atoms with E-state index in [2.05, 4.69) is 51.8 Å². The minimum Gasteiger partial charge on any atom is -0.496 e. The first-order valence-electron chi connectivity index (χ1n) is 10.1. The molecule has 2 aliphatic rings. The van der Waals surface area contributed by atoms with Crippen LogP contribution < -0.4 is 10.1 Å². The number of rotatable bonds is 4. The van der Waals surface area contributed by atoms with Crippen molar-refractivity contribution < 1.29 is 4.74 Å². The fraction of sp³-hybridized carbons (Fsp3) is 0.619. The largest absolute Gasteiger partial charge is 0.496 e. The van der Waals surface area contributed by atoms with E-state index in [9.17, 15) is 0 Å². The summed E-state index contributed by atoms with van der Waals surface area (Å²) in [5.41, 5.74) is 5.33. The smallest absolute Gasteiger partial charge is 0.150 e. The zero-order valence-corrected chi connectivity index (χ0v) is 17.0. The highest BCUT2D eigenvalue weighted by molar-refractivity contribution is 5.48. The summed E-state index contributed by atoms with van der Waals surface area (Å²) in [5, 5.41) is 12.6. The van der Waals surface area contributed by atoms with Crippen LogP contribution in [-0.4, -0.2) is 46.4 Å². The molecule has 1 saturated heterocycles. The third-order valence-electron chi connectivity index (χ3n) is 6.34. The van der Waals surface area contributed by atoms with Gasteiger partial charge in [0.05, 0.1) is 13.2 Å². The van der Waals surface area contributed by atoms with Crippen LogP contribution in [0.25, 0.3) is 0 Å². The molecule has 1 aromatic heterocycles. The Hall–Kier alpha value is -1.92. The summed E-state index contributed by atoms with van der Waals surface area (Å²) in [5.74, 6) is 3.28. The van der Waals surface area contributed by atoms with Gasteiger partial charge in [0.25, 0.3) is 0 Å². The maximum atomic E-state index is 5.54. The lowest BCUT2D eigenvalue weighted by molar-refractivity contribution is 0.233. The van der Waals surface area contributed by atoms with E-state index in [0.29, 0.717) is 6.04 Å². The van der Waals surface area contributed by atoms with E-state index in [1.165, 1.54) is 35.1 Å². The predicted octanol–water partition coefficient (Wildman–Crippen LogP) is 2.69. The molecule has 1 N–H and O–H groups in total. The summed E-state index contributed by atoms with van der Waals surface area (Å²) < 4.78 is 7.91. The van der Waals surface area contributed by atoms with Gasteiger partial charge in [-0.1, -0.05) is 0 Å². The lowest BCUT2D eigenvalue weighted by atomic mass is 9.96. The van der Waals surface area contributed by atoms with Crippen molar-refractivity contribution in [1.29, 1.82) is 0 Å². The van der Waals surface area contributed by atoms with Crippen molar-refractivity contribution in [2.45, 2.75) is 59.2 Å². The number of fused-ring (bicyclic) bond motifs is 1. The van der Waals surface area contributed by atoms with Crippen molar-refractivity contribution in [3.63, 3.8) is 0 Å². The molecule has 6 nitrogen and oxygen atoms in total. The third-order valence-corrected chi connectivity index (χ3v) is 6.34. The minimum absolute atomic E-state index is 0.366. The average Bonchev–Trinajstić information content (AvgIpc) is 3.21. The van der Waals surface area contributed by atoms with Gasteiger partial charge in [-0.25, -0.2) is 0 Å². The molecule has 2 aliphatic heterocycles. The lowest BCUT2D eigenvalue weighted by Crippen LogP contribution is -2.27. The highest BCUT2D eigenvalue weighted by Gasteiger charge is 2.32. The second-order valence-corrected chi connectivity index (χ2v) is 7.88. The lowest BCUT2D eigenvalue weighted by Gasteiger charge is -2.27. The number of hydrogen-bond acceptors (Lipinski definition) is 5. The summed E-state index contributed by atoms with van der Waals surface area (Å²) in [6.45, 7) is 11.6. The van der Waals surface area contributed by atoms with Crippen LogP contribution in [0.15, 0.2) is 6.07 Å². The number of likely N-dealkylation sites (tertiary alicyclic amines) is 1. The zero-order chi connectivity index (χ0) is 19.0. The van der Waals surface area contributed by atoms with Crippen molar-refractivity contribution in [3.05, 3.63) is 40.0 Å². The molecule has 0 aliphatic carbocycles. The summed E-state index contributed by atoms with van der Waals surface area (Å²) in [6.07, 6.45) is 3.35. The molecule has 2 aromatic rings. The molecule has 146 valence electrons. The first kappa shape index (κ1) is 18.4. The maximum Gasteiger partial charge on any atom is 0.150 e. The molecule has 1 fully saturated rings. The van der Waals surface area contributed by atoms with Crippen molar-refractivity contribution in [3.8, 4) is 5.75 Å². The number of hydrogen-bond donors (Lipinski definition) is 1. The molecule has 6 heteroatoms. The topological polar surface area (TPSA) is 55.2 Å². The van der Waals surface area contributed by atoms with Crippen molar-refractivity contribution in [2.75, 3.05) is 26.7 Å². The van der Waals surface area contributed by atoms with Gasteiger partial charge in [-0.15, -0.1) is 10.2 Å². The molecule has 0 spiro atoms. The number of aryl methyl sites for hydroxylation is 1. The van der Waals surface area contributed by atoms with Crippen LogP contribution in [0.1, 0.15) is 52.8 Å². The molecular formula is C21H31N5O. The summed E-state index contributed by atoms with van der Waals surface area (Å²) >= 11 is 0. The van der Waals surface area contributed by atoms with Crippen LogP contribution in [0.4, 0.5) is 0 Å². The molecule has 1 unspecified atom stereocenters. The van der Waals surface area contributed by atoms with Crippen LogP contribution in [0.5, 0.6) is 5.75 Å². The Morgan fingerprint density at radius 3 is 2.81 bits per heavy atom. The van der Waals surface area contributed by atoms with Gasteiger partial charge in [-0.3, -0.25) is 4.90 Å². The van der Waals surface area contributed by atoms with Gasteiger partial charge in [-0.2, -0.15) is 0 Å². The van der Waals surface area contributed by atoms with Gasteiger partial charge in [0.15, 0.2) is 0 Å². The number of ether oxygens (including phenoxy) is 1. The van der Waals surface area contributed by atoms with Gasteiger partial charge >= 0.3 is 0 Å². The Kier molecular flexibility index (Phi) is 5.19. The number of nitrogens with zero attached hydrogens (tertiary/aromatic N) is 4. The molecule has 3 heterocycles. The van der Waals surface area contributed by atoms with E-state index in [1.807, 2.05) is 0 Å². The standard InChI is InChI=1S/C21H31N5O/c1-14-12-19(27-4)16(3)15(2)17(14)13-25-10-5-6-18(25)21-24-23-20-7-8-22-9-11-26(20)21/h12,18,22H,5-11,13H2,1-4H3. The van der Waals surface area contributed by atoms with Crippen LogP contribution in [0.2, 0.25) is 0 Å². The van der Waals surface area contributed by atoms with Crippen LogP contribution in [0.3, 0.4) is 0 Å². The Balaban J connectivity index is 1.62. The third kappa shape index (κ3) is 3.36. The minimum atomic E-state index is 0.366. The zero-order valence-electron chi connectivity index (χ0n) is 17.0. The quantitative estimate of drug-likeness (QED) is 0.898. The molecule has 1 atom stereocenters. The fourth-order valence-electron chi connectivity index (χ4n) is 4.61. The first-order chi connectivity index (χ1) is 13.1. The van der Waals surface area contributed by atoms with Crippen molar-refractivity contribution in [2.24, 2.45) is 0 Å². The Bertz CT molecular complexity index is 828. The average molecular weight is 370 g/mol. The van der Waals surface area contributed by atoms with E-state index < -0.39 is 0 Å². The monoisotopic (exact) mass is 369 g/mol. The number of aromatic nitrogens is 3. The molecule has 4 rings (SSSR count). The van der Waals surface area contributed by atoms with Gasteiger partial charge in [-0.05, 0) is 68.5 Å². The molecule has 0 bridgehead atoms. The van der Waals surface area contributed by atoms with E-state index in [0.717, 1.165) is 56.5 Å². The highest BCUT2D eigenvalue weighted by Crippen LogP contribution is 2.35. The van der Waals surface area contributed by atoms with Gasteiger partial charge < -0.3 is 14.6 Å². The molecule has 1 aromatic carbocycles. The predicted molar refractivity (Wildman–Crippen MR) is 106 cm³/mol. The summed E-state index contributed by atoms with van der Waals surface area (Å²) in [4.78, 5) is 2.59. The molecule has 27 heavy (non-hydrogen) atoms. The normalized spacial score (nSPS) is 20.5. The van der Waals surface area contributed by atoms with E-state index in [1.54, 1.807) is 7.11 Å².